The largest absolute Gasteiger partial charge is 0.497 e. The van der Waals surface area contributed by atoms with Gasteiger partial charge >= 0.3 is 11.8 Å². The highest BCUT2D eigenvalue weighted by Gasteiger charge is 2.16. The first-order valence-corrected chi connectivity index (χ1v) is 7.09. The maximum absolute atomic E-state index is 12.8. The molecule has 0 aliphatic carbocycles. The van der Waals surface area contributed by atoms with Crippen molar-refractivity contribution in [1.82, 2.24) is 5.32 Å². The summed E-state index contributed by atoms with van der Waals surface area (Å²) in [5, 5.41) is 4.93. The molecular weight excluding hydrogens is 315 g/mol. The number of benzene rings is 2. The lowest BCUT2D eigenvalue weighted by atomic mass is 10.2. The smallest absolute Gasteiger partial charge is 0.313 e. The number of hydrogen-bond donors (Lipinski definition) is 2. The number of methoxy groups -OCH3 is 2. The molecule has 0 bridgehead atoms. The first-order valence-electron chi connectivity index (χ1n) is 7.09. The van der Waals surface area contributed by atoms with E-state index in [-0.39, 0.29) is 12.4 Å². The van der Waals surface area contributed by atoms with Gasteiger partial charge in [-0.25, -0.2) is 4.39 Å². The quantitative estimate of drug-likeness (QED) is 0.822. The zero-order valence-electron chi connectivity index (χ0n) is 13.3. The number of rotatable bonds is 5. The summed E-state index contributed by atoms with van der Waals surface area (Å²) in [6.45, 7) is 0.117. The highest BCUT2D eigenvalue weighted by atomic mass is 19.1. The lowest BCUT2D eigenvalue weighted by molar-refractivity contribution is -0.136. The maximum Gasteiger partial charge on any atom is 0.313 e. The molecule has 126 valence electrons. The van der Waals surface area contributed by atoms with Gasteiger partial charge in [0.05, 0.1) is 19.9 Å². The Morgan fingerprint density at radius 3 is 2.33 bits per heavy atom. The fourth-order valence-electron chi connectivity index (χ4n) is 1.95. The van der Waals surface area contributed by atoms with Gasteiger partial charge in [0.15, 0.2) is 0 Å². The molecule has 0 radical (unpaired) electrons. The van der Waals surface area contributed by atoms with Gasteiger partial charge < -0.3 is 20.1 Å². The van der Waals surface area contributed by atoms with Crippen LogP contribution < -0.4 is 20.1 Å². The molecule has 0 saturated heterocycles. The van der Waals surface area contributed by atoms with Crippen LogP contribution in [0.1, 0.15) is 5.56 Å². The van der Waals surface area contributed by atoms with E-state index in [1.165, 1.54) is 38.5 Å². The van der Waals surface area contributed by atoms with Crippen molar-refractivity contribution >= 4 is 17.5 Å². The summed E-state index contributed by atoms with van der Waals surface area (Å²) in [5.74, 6) is -1.08. The molecule has 0 fully saturated rings. The van der Waals surface area contributed by atoms with Gasteiger partial charge in [-0.2, -0.15) is 0 Å². The number of carbonyl (C=O) groups excluding carboxylic acids is 2. The average molecular weight is 332 g/mol. The number of halogens is 1. The molecule has 0 heterocycles. The van der Waals surface area contributed by atoms with Crippen molar-refractivity contribution in [2.75, 3.05) is 19.5 Å². The average Bonchev–Trinajstić information content (AvgIpc) is 2.61. The molecule has 2 rings (SSSR count). The number of hydrogen-bond acceptors (Lipinski definition) is 4. The molecule has 2 N–H and O–H groups in total. The number of ether oxygens (including phenoxy) is 2. The normalized spacial score (nSPS) is 9.96. The van der Waals surface area contributed by atoms with Crippen molar-refractivity contribution in [3.8, 4) is 11.5 Å². The molecule has 7 heteroatoms. The summed E-state index contributed by atoms with van der Waals surface area (Å²) in [6.07, 6.45) is 0. The molecule has 24 heavy (non-hydrogen) atoms. The van der Waals surface area contributed by atoms with Crippen molar-refractivity contribution in [2.45, 2.75) is 6.54 Å². The van der Waals surface area contributed by atoms with Gasteiger partial charge in [-0.15, -0.1) is 0 Å². The third-order valence-electron chi connectivity index (χ3n) is 3.23. The Balaban J connectivity index is 1.96. The van der Waals surface area contributed by atoms with Crippen molar-refractivity contribution in [2.24, 2.45) is 0 Å². The van der Waals surface area contributed by atoms with Gasteiger partial charge in [0.25, 0.3) is 0 Å². The second-order valence-electron chi connectivity index (χ2n) is 4.83. The van der Waals surface area contributed by atoms with Crippen LogP contribution in [0.4, 0.5) is 10.1 Å². The minimum Gasteiger partial charge on any atom is -0.497 e. The maximum atomic E-state index is 12.8. The number of carbonyl (C=O) groups is 2. The van der Waals surface area contributed by atoms with Crippen molar-refractivity contribution in [3.63, 3.8) is 0 Å². The monoisotopic (exact) mass is 332 g/mol. The second-order valence-corrected chi connectivity index (χ2v) is 4.83. The minimum absolute atomic E-state index is 0.117. The Bertz CT molecular complexity index is 732. The zero-order chi connectivity index (χ0) is 17.5. The lowest BCUT2D eigenvalue weighted by Gasteiger charge is -2.11. The Morgan fingerprint density at radius 2 is 1.71 bits per heavy atom. The van der Waals surface area contributed by atoms with Gasteiger partial charge in [-0.3, -0.25) is 9.59 Å². The lowest BCUT2D eigenvalue weighted by Crippen LogP contribution is -2.35. The highest BCUT2D eigenvalue weighted by molar-refractivity contribution is 6.39. The van der Waals surface area contributed by atoms with Crippen LogP contribution in [0.5, 0.6) is 11.5 Å². The molecule has 0 aliphatic heterocycles. The van der Waals surface area contributed by atoms with E-state index in [1.807, 2.05) is 0 Å². The molecule has 2 amide bonds. The van der Waals surface area contributed by atoms with Gasteiger partial charge in [0, 0.05) is 12.6 Å². The summed E-state index contributed by atoms with van der Waals surface area (Å²) in [4.78, 5) is 23.8. The Morgan fingerprint density at radius 1 is 1.00 bits per heavy atom. The Hall–Kier alpha value is -3.09. The molecule has 0 aromatic heterocycles. The third kappa shape index (κ3) is 4.45. The summed E-state index contributed by atoms with van der Waals surface area (Å²) < 4.78 is 23.0. The van der Waals surface area contributed by atoms with E-state index in [0.29, 0.717) is 22.7 Å². The van der Waals surface area contributed by atoms with Crippen LogP contribution >= 0.6 is 0 Å². The van der Waals surface area contributed by atoms with Gasteiger partial charge in [-0.1, -0.05) is 12.1 Å². The van der Waals surface area contributed by atoms with E-state index >= 15 is 0 Å². The van der Waals surface area contributed by atoms with Crippen LogP contribution in [0.2, 0.25) is 0 Å². The summed E-state index contributed by atoms with van der Waals surface area (Å²) in [5.41, 5.74) is 1.03. The predicted octanol–water partition coefficient (Wildman–Crippen LogP) is 2.10. The van der Waals surface area contributed by atoms with Crippen LogP contribution in [0, 0.1) is 5.82 Å². The van der Waals surface area contributed by atoms with E-state index in [1.54, 1.807) is 18.2 Å². The van der Waals surface area contributed by atoms with E-state index < -0.39 is 11.8 Å². The zero-order valence-corrected chi connectivity index (χ0v) is 13.3. The van der Waals surface area contributed by atoms with E-state index in [2.05, 4.69) is 10.6 Å². The number of anilines is 1. The van der Waals surface area contributed by atoms with Crippen LogP contribution in [0.3, 0.4) is 0 Å². The van der Waals surface area contributed by atoms with Gasteiger partial charge in [0.1, 0.15) is 17.3 Å². The molecule has 0 atom stereocenters. The second kappa shape index (κ2) is 7.96. The highest BCUT2D eigenvalue weighted by Crippen LogP contribution is 2.28. The van der Waals surface area contributed by atoms with E-state index in [0.717, 1.165) is 0 Å². The Labute approximate surface area is 138 Å². The Kier molecular flexibility index (Phi) is 5.73. The SMILES string of the molecule is COc1ccc(NC(=O)C(=O)NCc2ccc(F)cc2)c(OC)c1. The molecule has 2 aromatic carbocycles. The fourth-order valence-corrected chi connectivity index (χ4v) is 1.95. The molecular formula is C17H17FN2O4. The molecule has 6 nitrogen and oxygen atoms in total. The molecule has 0 unspecified atom stereocenters. The van der Waals surface area contributed by atoms with Crippen molar-refractivity contribution < 1.29 is 23.5 Å². The van der Waals surface area contributed by atoms with Crippen molar-refractivity contribution in [3.05, 3.63) is 53.8 Å². The van der Waals surface area contributed by atoms with Crippen molar-refractivity contribution in [1.29, 1.82) is 0 Å². The van der Waals surface area contributed by atoms with Crippen LogP contribution in [0.25, 0.3) is 0 Å². The summed E-state index contributed by atoms with van der Waals surface area (Å²) >= 11 is 0. The number of nitrogens with one attached hydrogen (secondary N) is 2. The molecule has 0 spiro atoms. The molecule has 2 aromatic rings. The first kappa shape index (κ1) is 17.3. The molecule has 0 aliphatic rings. The van der Waals surface area contributed by atoms with Gasteiger partial charge in [0.2, 0.25) is 0 Å². The topological polar surface area (TPSA) is 76.7 Å². The fraction of sp³-hybridized carbons (Fsp3) is 0.176. The first-order chi connectivity index (χ1) is 11.5. The predicted molar refractivity (Wildman–Crippen MR) is 86.4 cm³/mol. The number of amides is 2. The van der Waals surface area contributed by atoms with Crippen LogP contribution in [-0.4, -0.2) is 26.0 Å². The van der Waals surface area contributed by atoms with E-state index in [4.69, 9.17) is 9.47 Å². The minimum atomic E-state index is -0.833. The molecule has 0 saturated carbocycles. The van der Waals surface area contributed by atoms with Gasteiger partial charge in [-0.05, 0) is 29.8 Å². The van der Waals surface area contributed by atoms with Crippen LogP contribution in [-0.2, 0) is 16.1 Å². The van der Waals surface area contributed by atoms with E-state index in [9.17, 15) is 14.0 Å². The summed E-state index contributed by atoms with van der Waals surface area (Å²) in [6, 6.07) is 10.4. The third-order valence-corrected chi connectivity index (χ3v) is 3.23. The summed E-state index contributed by atoms with van der Waals surface area (Å²) in [7, 11) is 2.95. The standard InChI is InChI=1S/C17H17FN2O4/c1-23-13-7-8-14(15(9-13)24-2)20-17(22)16(21)19-10-11-3-5-12(18)6-4-11/h3-9H,10H2,1-2H3,(H,19,21)(H,20,22). The van der Waals surface area contributed by atoms with Crippen LogP contribution in [0.15, 0.2) is 42.5 Å².